The second kappa shape index (κ2) is 6.10. The van der Waals surface area contributed by atoms with Gasteiger partial charge in [-0.1, -0.05) is 18.2 Å². The van der Waals surface area contributed by atoms with Gasteiger partial charge in [0, 0.05) is 31.2 Å². The Labute approximate surface area is 119 Å². The normalized spacial score (nSPS) is 10.1. The van der Waals surface area contributed by atoms with Gasteiger partial charge in [-0.05, 0) is 36.4 Å². The first kappa shape index (κ1) is 13.9. The zero-order chi connectivity index (χ0) is 14.5. The van der Waals surface area contributed by atoms with Crippen LogP contribution in [0.5, 0.6) is 0 Å². The Kier molecular flexibility index (Phi) is 4.25. The number of para-hydroxylation sites is 1. The molecule has 0 unspecified atom stereocenters. The Hall–Kier alpha value is -2.49. The van der Waals surface area contributed by atoms with Gasteiger partial charge in [-0.2, -0.15) is 0 Å². The van der Waals surface area contributed by atoms with Crippen LogP contribution in [-0.4, -0.2) is 26.5 Å². The van der Waals surface area contributed by atoms with E-state index in [9.17, 15) is 4.79 Å². The van der Waals surface area contributed by atoms with Crippen LogP contribution in [0.4, 0.5) is 17.1 Å². The number of anilines is 3. The van der Waals surface area contributed by atoms with Gasteiger partial charge in [-0.25, -0.2) is 0 Å². The van der Waals surface area contributed by atoms with Gasteiger partial charge in [-0.15, -0.1) is 0 Å². The summed E-state index contributed by atoms with van der Waals surface area (Å²) < 4.78 is 0. The molecule has 1 amide bonds. The Morgan fingerprint density at radius 2 is 1.55 bits per heavy atom. The molecule has 2 N–H and O–H groups in total. The predicted octanol–water partition coefficient (Wildman–Crippen LogP) is 2.37. The second-order valence-corrected chi connectivity index (χ2v) is 4.74. The van der Waals surface area contributed by atoms with E-state index in [2.05, 4.69) is 0 Å². The van der Waals surface area contributed by atoms with Crippen LogP contribution in [0.1, 0.15) is 0 Å². The zero-order valence-corrected chi connectivity index (χ0v) is 11.8. The van der Waals surface area contributed by atoms with Crippen molar-refractivity contribution in [2.24, 2.45) is 0 Å². The number of hydrogen-bond donors (Lipinski definition) is 1. The molecule has 0 heterocycles. The molecule has 0 saturated heterocycles. The van der Waals surface area contributed by atoms with Crippen molar-refractivity contribution >= 4 is 23.0 Å². The largest absolute Gasteiger partial charge is 0.399 e. The maximum atomic E-state index is 12.3. The predicted molar refractivity (Wildman–Crippen MR) is 84.0 cm³/mol. The molecule has 0 fully saturated rings. The number of hydrogen-bond acceptors (Lipinski definition) is 3. The minimum absolute atomic E-state index is 0.0288. The Morgan fingerprint density at radius 3 is 2.15 bits per heavy atom. The average molecular weight is 269 g/mol. The number of nitrogens with zero attached hydrogens (tertiary/aromatic N) is 2. The van der Waals surface area contributed by atoms with Gasteiger partial charge >= 0.3 is 0 Å². The highest BCUT2D eigenvalue weighted by molar-refractivity contribution is 5.96. The lowest BCUT2D eigenvalue weighted by Gasteiger charge is -2.23. The van der Waals surface area contributed by atoms with Gasteiger partial charge in [-0.3, -0.25) is 4.79 Å². The number of nitrogen functional groups attached to an aromatic ring is 1. The Bertz CT molecular complexity index is 566. The first-order valence-electron chi connectivity index (χ1n) is 6.46. The van der Waals surface area contributed by atoms with E-state index in [4.69, 9.17) is 5.73 Å². The second-order valence-electron chi connectivity index (χ2n) is 4.74. The van der Waals surface area contributed by atoms with Crippen LogP contribution in [-0.2, 0) is 4.79 Å². The summed E-state index contributed by atoms with van der Waals surface area (Å²) in [6.45, 7) is 0.324. The highest BCUT2D eigenvalue weighted by atomic mass is 16.2. The molecule has 0 aliphatic rings. The first-order valence-corrected chi connectivity index (χ1v) is 6.46. The van der Waals surface area contributed by atoms with Crippen molar-refractivity contribution in [1.29, 1.82) is 0 Å². The number of rotatable bonds is 4. The first-order chi connectivity index (χ1) is 9.58. The van der Waals surface area contributed by atoms with E-state index in [1.165, 1.54) is 0 Å². The van der Waals surface area contributed by atoms with Crippen molar-refractivity contribution in [1.82, 2.24) is 0 Å². The van der Waals surface area contributed by atoms with E-state index in [-0.39, 0.29) is 5.91 Å². The van der Waals surface area contributed by atoms with Gasteiger partial charge < -0.3 is 15.5 Å². The van der Waals surface area contributed by atoms with Crippen molar-refractivity contribution in [2.75, 3.05) is 36.2 Å². The molecule has 0 aliphatic heterocycles. The fourth-order valence-electron chi connectivity index (χ4n) is 1.92. The lowest BCUT2D eigenvalue weighted by Crippen LogP contribution is -2.36. The molecule has 2 rings (SSSR count). The van der Waals surface area contributed by atoms with Crippen LogP contribution in [0.15, 0.2) is 54.6 Å². The van der Waals surface area contributed by atoms with Gasteiger partial charge in [0.2, 0.25) is 5.91 Å². The fraction of sp³-hybridized carbons (Fsp3) is 0.188. The highest BCUT2D eigenvalue weighted by Gasteiger charge is 2.13. The molecule has 0 atom stereocenters. The van der Waals surface area contributed by atoms with Gasteiger partial charge in [0.1, 0.15) is 0 Å². The monoisotopic (exact) mass is 269 g/mol. The summed E-state index contributed by atoms with van der Waals surface area (Å²) >= 11 is 0. The molecular formula is C16H19N3O. The third-order valence-electron chi connectivity index (χ3n) is 3.22. The molecule has 0 aliphatic carbocycles. The number of nitrogens with two attached hydrogens (primary N) is 1. The summed E-state index contributed by atoms with van der Waals surface area (Å²) in [5, 5.41) is 0. The van der Waals surface area contributed by atoms with E-state index in [0.29, 0.717) is 12.2 Å². The molecule has 4 nitrogen and oxygen atoms in total. The van der Waals surface area contributed by atoms with Crippen LogP contribution in [0.2, 0.25) is 0 Å². The number of benzene rings is 2. The molecule has 0 aromatic heterocycles. The molecule has 0 saturated carbocycles. The summed E-state index contributed by atoms with van der Waals surface area (Å²) in [7, 11) is 3.68. The molecule has 104 valence electrons. The van der Waals surface area contributed by atoms with Crippen LogP contribution in [0.3, 0.4) is 0 Å². The van der Waals surface area contributed by atoms with Crippen molar-refractivity contribution < 1.29 is 4.79 Å². The number of amides is 1. The average Bonchev–Trinajstić information content (AvgIpc) is 2.48. The number of carbonyl (C=O) groups excluding carboxylic acids is 1. The maximum absolute atomic E-state index is 12.3. The van der Waals surface area contributed by atoms with E-state index in [0.717, 1.165) is 11.4 Å². The third kappa shape index (κ3) is 3.29. The van der Waals surface area contributed by atoms with Crippen molar-refractivity contribution in [3.63, 3.8) is 0 Å². The van der Waals surface area contributed by atoms with E-state index in [1.54, 1.807) is 24.1 Å². The van der Waals surface area contributed by atoms with Gasteiger partial charge in [0.15, 0.2) is 0 Å². The van der Waals surface area contributed by atoms with Crippen LogP contribution >= 0.6 is 0 Å². The summed E-state index contributed by atoms with van der Waals surface area (Å²) in [6, 6.07) is 17.1. The topological polar surface area (TPSA) is 49.6 Å². The summed E-state index contributed by atoms with van der Waals surface area (Å²) in [4.78, 5) is 15.8. The van der Waals surface area contributed by atoms with Crippen LogP contribution in [0, 0.1) is 0 Å². The Morgan fingerprint density at radius 1 is 0.950 bits per heavy atom. The molecule has 2 aromatic rings. The van der Waals surface area contributed by atoms with E-state index < -0.39 is 0 Å². The molecule has 0 spiro atoms. The van der Waals surface area contributed by atoms with Crippen molar-refractivity contribution in [3.8, 4) is 0 Å². The van der Waals surface area contributed by atoms with Gasteiger partial charge in [0.25, 0.3) is 0 Å². The summed E-state index contributed by atoms with van der Waals surface area (Å²) in [5.41, 5.74) is 8.20. The lowest BCUT2D eigenvalue weighted by atomic mass is 10.2. The quantitative estimate of drug-likeness (QED) is 0.867. The van der Waals surface area contributed by atoms with Crippen molar-refractivity contribution in [2.45, 2.75) is 0 Å². The number of carbonyl (C=O) groups is 1. The third-order valence-corrected chi connectivity index (χ3v) is 3.22. The van der Waals surface area contributed by atoms with Crippen LogP contribution in [0.25, 0.3) is 0 Å². The van der Waals surface area contributed by atoms with Crippen molar-refractivity contribution in [3.05, 3.63) is 54.6 Å². The SMILES string of the molecule is CN(CC(=O)N(C)c1ccc(N)cc1)c1ccccc1. The van der Waals surface area contributed by atoms with Crippen LogP contribution < -0.4 is 15.5 Å². The molecule has 20 heavy (non-hydrogen) atoms. The zero-order valence-electron chi connectivity index (χ0n) is 11.8. The minimum atomic E-state index is 0.0288. The fourth-order valence-corrected chi connectivity index (χ4v) is 1.92. The highest BCUT2D eigenvalue weighted by Crippen LogP contribution is 2.16. The molecular weight excluding hydrogens is 250 g/mol. The summed E-state index contributed by atoms with van der Waals surface area (Å²) in [6.07, 6.45) is 0. The van der Waals surface area contributed by atoms with E-state index in [1.807, 2.05) is 54.4 Å². The molecule has 4 heteroatoms. The standard InChI is InChI=1S/C16H19N3O/c1-18(14-6-4-3-5-7-14)12-16(20)19(2)15-10-8-13(17)9-11-15/h3-11H,12,17H2,1-2H3. The molecule has 0 bridgehead atoms. The van der Waals surface area contributed by atoms with E-state index >= 15 is 0 Å². The van der Waals surface area contributed by atoms with Gasteiger partial charge in [0.05, 0.1) is 6.54 Å². The molecule has 0 radical (unpaired) electrons. The summed E-state index contributed by atoms with van der Waals surface area (Å²) in [5.74, 6) is 0.0288. The Balaban J connectivity index is 2.02. The molecule has 2 aromatic carbocycles. The maximum Gasteiger partial charge on any atom is 0.246 e. The lowest BCUT2D eigenvalue weighted by molar-refractivity contribution is -0.117. The number of likely N-dealkylation sites (N-methyl/N-ethyl adjacent to an activating group) is 2. The smallest absolute Gasteiger partial charge is 0.246 e. The minimum Gasteiger partial charge on any atom is -0.399 e.